The summed E-state index contributed by atoms with van der Waals surface area (Å²) >= 11 is 0. The fourth-order valence-electron chi connectivity index (χ4n) is 4.11. The Morgan fingerprint density at radius 1 is 1.18 bits per heavy atom. The Labute approximate surface area is 134 Å². The zero-order chi connectivity index (χ0) is 15.9. The van der Waals surface area contributed by atoms with Gasteiger partial charge in [0.2, 0.25) is 0 Å². The molecule has 3 rings (SSSR count). The molecule has 0 spiro atoms. The lowest BCUT2D eigenvalue weighted by atomic mass is 9.87. The molecule has 1 saturated heterocycles. The first-order chi connectivity index (χ1) is 10.5. The summed E-state index contributed by atoms with van der Waals surface area (Å²) in [4.78, 5) is 2.53. The Morgan fingerprint density at radius 2 is 1.86 bits per heavy atom. The second-order valence-electron chi connectivity index (χ2n) is 7.35. The predicted molar refractivity (Wildman–Crippen MR) is 89.4 cm³/mol. The number of nitrogens with zero attached hydrogens (tertiary/aromatic N) is 1. The number of rotatable bonds is 2. The fraction of sp³-hybridized carbons (Fsp3) is 0.684. The standard InChI is InChI=1S/C19H29NO2/c1-12(2)15-8-9-18-16(10-15)19(17(21)11-22-18)20-13(3)6-5-7-14(20)4/h8-10,12-14,17,19,21H,5-7,11H2,1-4H3. The van der Waals surface area contributed by atoms with E-state index in [9.17, 15) is 5.11 Å². The molecular formula is C19H29NO2. The lowest BCUT2D eigenvalue weighted by Crippen LogP contribution is -2.51. The Kier molecular flexibility index (Phi) is 4.47. The van der Waals surface area contributed by atoms with Gasteiger partial charge in [0.05, 0.1) is 6.04 Å². The molecule has 3 heteroatoms. The zero-order valence-corrected chi connectivity index (χ0v) is 14.2. The summed E-state index contributed by atoms with van der Waals surface area (Å²) in [5, 5.41) is 10.7. The maximum atomic E-state index is 10.7. The minimum Gasteiger partial charge on any atom is -0.490 e. The third-order valence-corrected chi connectivity index (χ3v) is 5.38. The molecule has 0 bridgehead atoms. The third-order valence-electron chi connectivity index (χ3n) is 5.38. The van der Waals surface area contributed by atoms with Crippen molar-refractivity contribution < 1.29 is 9.84 Å². The summed E-state index contributed by atoms with van der Waals surface area (Å²) in [6, 6.07) is 7.58. The van der Waals surface area contributed by atoms with Crippen LogP contribution in [0.2, 0.25) is 0 Å². The van der Waals surface area contributed by atoms with Crippen LogP contribution in [0.4, 0.5) is 0 Å². The average Bonchev–Trinajstić information content (AvgIpc) is 2.48. The van der Waals surface area contributed by atoms with E-state index < -0.39 is 6.10 Å². The number of aliphatic hydroxyl groups excluding tert-OH is 1. The van der Waals surface area contributed by atoms with Crippen LogP contribution in [0, 0.1) is 0 Å². The topological polar surface area (TPSA) is 32.7 Å². The van der Waals surface area contributed by atoms with Crippen molar-refractivity contribution in [1.29, 1.82) is 0 Å². The van der Waals surface area contributed by atoms with Gasteiger partial charge in [0, 0.05) is 17.6 Å². The van der Waals surface area contributed by atoms with Gasteiger partial charge in [-0.25, -0.2) is 0 Å². The molecule has 2 heterocycles. The van der Waals surface area contributed by atoms with Crippen molar-refractivity contribution in [2.45, 2.75) is 77.1 Å². The van der Waals surface area contributed by atoms with Crippen LogP contribution in [-0.4, -0.2) is 34.8 Å². The Balaban J connectivity index is 2.02. The highest BCUT2D eigenvalue weighted by Crippen LogP contribution is 2.42. The number of aliphatic hydroxyl groups is 1. The number of likely N-dealkylation sites (tertiary alicyclic amines) is 1. The summed E-state index contributed by atoms with van der Waals surface area (Å²) in [5.41, 5.74) is 2.49. The van der Waals surface area contributed by atoms with Crippen LogP contribution in [0.15, 0.2) is 18.2 Å². The van der Waals surface area contributed by atoms with Gasteiger partial charge in [-0.1, -0.05) is 32.4 Å². The monoisotopic (exact) mass is 303 g/mol. The smallest absolute Gasteiger partial charge is 0.124 e. The lowest BCUT2D eigenvalue weighted by molar-refractivity contribution is -0.0456. The molecule has 1 aromatic rings. The molecule has 2 aliphatic rings. The number of benzene rings is 1. The van der Waals surface area contributed by atoms with Crippen LogP contribution in [0.25, 0.3) is 0 Å². The predicted octanol–water partition coefficient (Wildman–Crippen LogP) is 3.87. The molecule has 0 saturated carbocycles. The largest absolute Gasteiger partial charge is 0.490 e. The highest BCUT2D eigenvalue weighted by molar-refractivity contribution is 5.42. The molecular weight excluding hydrogens is 274 g/mol. The molecule has 2 aliphatic heterocycles. The van der Waals surface area contributed by atoms with Crippen molar-refractivity contribution in [2.75, 3.05) is 6.61 Å². The van der Waals surface area contributed by atoms with E-state index in [2.05, 4.69) is 50.8 Å². The Bertz CT molecular complexity index is 518. The minimum absolute atomic E-state index is 0.0627. The van der Waals surface area contributed by atoms with Crippen molar-refractivity contribution in [3.05, 3.63) is 29.3 Å². The first-order valence-electron chi connectivity index (χ1n) is 8.71. The second-order valence-corrected chi connectivity index (χ2v) is 7.35. The maximum Gasteiger partial charge on any atom is 0.124 e. The quantitative estimate of drug-likeness (QED) is 0.900. The summed E-state index contributed by atoms with van der Waals surface area (Å²) in [7, 11) is 0. The van der Waals surface area contributed by atoms with Crippen molar-refractivity contribution in [1.82, 2.24) is 4.90 Å². The molecule has 0 aliphatic carbocycles. The Hall–Kier alpha value is -1.06. The van der Waals surface area contributed by atoms with Gasteiger partial charge in [0.1, 0.15) is 18.5 Å². The van der Waals surface area contributed by atoms with Gasteiger partial charge in [-0.3, -0.25) is 4.90 Å². The highest BCUT2D eigenvalue weighted by Gasteiger charge is 2.40. The first kappa shape index (κ1) is 15.8. The highest BCUT2D eigenvalue weighted by atomic mass is 16.5. The summed E-state index contributed by atoms with van der Waals surface area (Å²) in [6.07, 6.45) is 3.27. The van der Waals surface area contributed by atoms with Gasteiger partial charge < -0.3 is 9.84 Å². The van der Waals surface area contributed by atoms with Crippen LogP contribution in [0.5, 0.6) is 5.75 Å². The van der Waals surface area contributed by atoms with Crippen LogP contribution >= 0.6 is 0 Å². The number of piperidine rings is 1. The van der Waals surface area contributed by atoms with E-state index in [1.807, 2.05) is 0 Å². The summed E-state index contributed by atoms with van der Waals surface area (Å²) in [6.45, 7) is 9.41. The molecule has 22 heavy (non-hydrogen) atoms. The number of hydrogen-bond donors (Lipinski definition) is 1. The van der Waals surface area contributed by atoms with Crippen molar-refractivity contribution in [3.63, 3.8) is 0 Å². The summed E-state index contributed by atoms with van der Waals surface area (Å²) in [5.74, 6) is 1.44. The zero-order valence-electron chi connectivity index (χ0n) is 14.2. The van der Waals surface area contributed by atoms with E-state index >= 15 is 0 Å². The SMILES string of the molecule is CC(C)c1ccc2c(c1)C(N1C(C)CCCC1C)C(O)CO2. The van der Waals surface area contributed by atoms with Gasteiger partial charge >= 0.3 is 0 Å². The molecule has 1 aromatic carbocycles. The van der Waals surface area contributed by atoms with Crippen molar-refractivity contribution in [2.24, 2.45) is 0 Å². The molecule has 3 nitrogen and oxygen atoms in total. The molecule has 0 radical (unpaired) electrons. The van der Waals surface area contributed by atoms with E-state index in [0.29, 0.717) is 24.6 Å². The van der Waals surface area contributed by atoms with Gasteiger partial charge in [0.15, 0.2) is 0 Å². The average molecular weight is 303 g/mol. The lowest BCUT2D eigenvalue weighted by Gasteiger charge is -2.47. The fourth-order valence-corrected chi connectivity index (χ4v) is 4.11. The number of hydrogen-bond acceptors (Lipinski definition) is 3. The first-order valence-corrected chi connectivity index (χ1v) is 8.71. The van der Waals surface area contributed by atoms with Gasteiger partial charge in [-0.05, 0) is 44.2 Å². The maximum absolute atomic E-state index is 10.7. The van der Waals surface area contributed by atoms with E-state index in [1.165, 1.54) is 30.4 Å². The van der Waals surface area contributed by atoms with Crippen molar-refractivity contribution >= 4 is 0 Å². The van der Waals surface area contributed by atoms with Crippen LogP contribution in [-0.2, 0) is 0 Å². The van der Waals surface area contributed by atoms with Gasteiger partial charge in [-0.15, -0.1) is 0 Å². The second kappa shape index (κ2) is 6.21. The molecule has 4 unspecified atom stereocenters. The molecule has 0 amide bonds. The molecule has 4 atom stereocenters. The van der Waals surface area contributed by atoms with Gasteiger partial charge in [-0.2, -0.15) is 0 Å². The molecule has 1 N–H and O–H groups in total. The van der Waals surface area contributed by atoms with Crippen LogP contribution < -0.4 is 4.74 Å². The van der Waals surface area contributed by atoms with E-state index in [4.69, 9.17) is 4.74 Å². The summed E-state index contributed by atoms with van der Waals surface area (Å²) < 4.78 is 5.79. The molecule has 1 fully saturated rings. The van der Waals surface area contributed by atoms with Crippen LogP contribution in [0.1, 0.15) is 70.0 Å². The molecule has 122 valence electrons. The normalized spacial score (nSPS) is 32.6. The van der Waals surface area contributed by atoms with Gasteiger partial charge in [0.25, 0.3) is 0 Å². The van der Waals surface area contributed by atoms with E-state index in [0.717, 1.165) is 5.75 Å². The van der Waals surface area contributed by atoms with Crippen molar-refractivity contribution in [3.8, 4) is 5.75 Å². The van der Waals surface area contributed by atoms with Crippen LogP contribution in [0.3, 0.4) is 0 Å². The number of fused-ring (bicyclic) bond motifs is 1. The Morgan fingerprint density at radius 3 is 2.50 bits per heavy atom. The molecule has 0 aromatic heterocycles. The third kappa shape index (κ3) is 2.77. The number of ether oxygens (including phenoxy) is 1. The van der Waals surface area contributed by atoms with E-state index in [-0.39, 0.29) is 6.04 Å². The van der Waals surface area contributed by atoms with E-state index in [1.54, 1.807) is 0 Å². The minimum atomic E-state index is -0.446.